The molecule has 1 unspecified atom stereocenters. The highest BCUT2D eigenvalue weighted by atomic mass is 79.9. The first-order chi connectivity index (χ1) is 15.2. The van der Waals surface area contributed by atoms with E-state index in [0.717, 1.165) is 10.0 Å². The molecule has 1 amide bonds. The van der Waals surface area contributed by atoms with Crippen LogP contribution in [0.2, 0.25) is 0 Å². The predicted octanol–water partition coefficient (Wildman–Crippen LogP) is 1.78. The van der Waals surface area contributed by atoms with Gasteiger partial charge in [0.25, 0.3) is 5.56 Å². The number of carbonyl (C=O) groups is 2. The molecule has 3 atom stereocenters. The summed E-state index contributed by atoms with van der Waals surface area (Å²) in [7, 11) is 1.65. The maximum atomic E-state index is 12.8. The van der Waals surface area contributed by atoms with Gasteiger partial charge in [0, 0.05) is 36.6 Å². The standard InChI is InChI=1S/C22H26BrN3O6/c1-4-14-11-26(22(30)24-21(14)29)20-10-17(31-13(2)27)18(32-20)12-25(3)19(28)9-15-7-5-6-8-16(15)23/h5-8,11,17-18,20H,4,9-10,12H2,1-3H3,(H,24,29,30)/t17?,18-,20-/m0/s1. The van der Waals surface area contributed by atoms with Crippen molar-refractivity contribution in [3.05, 3.63) is 66.9 Å². The minimum absolute atomic E-state index is 0.125. The van der Waals surface area contributed by atoms with Crippen LogP contribution in [0.4, 0.5) is 0 Å². The van der Waals surface area contributed by atoms with Gasteiger partial charge in [-0.15, -0.1) is 0 Å². The number of aryl methyl sites for hydroxylation is 1. The van der Waals surface area contributed by atoms with E-state index in [4.69, 9.17) is 9.47 Å². The fraction of sp³-hybridized carbons (Fsp3) is 0.455. The van der Waals surface area contributed by atoms with Crippen molar-refractivity contribution < 1.29 is 19.1 Å². The quantitative estimate of drug-likeness (QED) is 0.571. The molecule has 1 N–H and O–H groups in total. The lowest BCUT2D eigenvalue weighted by Gasteiger charge is -2.25. The Morgan fingerprint density at radius 2 is 2.00 bits per heavy atom. The van der Waals surface area contributed by atoms with Crippen molar-refractivity contribution in [3.8, 4) is 0 Å². The van der Waals surface area contributed by atoms with Crippen LogP contribution in [0.1, 0.15) is 37.6 Å². The maximum absolute atomic E-state index is 12.8. The molecule has 9 nitrogen and oxygen atoms in total. The summed E-state index contributed by atoms with van der Waals surface area (Å²) in [5.74, 6) is -0.602. The highest BCUT2D eigenvalue weighted by Crippen LogP contribution is 2.30. The summed E-state index contributed by atoms with van der Waals surface area (Å²) in [4.78, 5) is 52.4. The van der Waals surface area contributed by atoms with Crippen molar-refractivity contribution in [2.24, 2.45) is 0 Å². The lowest BCUT2D eigenvalue weighted by molar-refractivity contribution is -0.150. The zero-order chi connectivity index (χ0) is 23.4. The Morgan fingerprint density at radius 1 is 1.28 bits per heavy atom. The molecule has 1 aliphatic heterocycles. The number of aromatic nitrogens is 2. The predicted molar refractivity (Wildman–Crippen MR) is 120 cm³/mol. The van der Waals surface area contributed by atoms with E-state index in [1.54, 1.807) is 7.05 Å². The summed E-state index contributed by atoms with van der Waals surface area (Å²) in [6.45, 7) is 3.29. The number of esters is 1. The number of H-pyrrole nitrogens is 1. The smallest absolute Gasteiger partial charge is 0.330 e. The molecule has 0 saturated carbocycles. The molecule has 1 aliphatic rings. The number of benzene rings is 1. The second-order valence-electron chi connectivity index (χ2n) is 7.73. The normalized spacial score (nSPS) is 20.2. The first-order valence-corrected chi connectivity index (χ1v) is 11.1. The van der Waals surface area contributed by atoms with E-state index < -0.39 is 35.7 Å². The molecule has 3 rings (SSSR count). The third-order valence-corrected chi connectivity index (χ3v) is 6.18. The lowest BCUT2D eigenvalue weighted by Crippen LogP contribution is -2.40. The van der Waals surface area contributed by atoms with E-state index >= 15 is 0 Å². The second kappa shape index (κ2) is 10.3. The van der Waals surface area contributed by atoms with Crippen molar-refractivity contribution in [2.45, 2.75) is 51.5 Å². The molecule has 10 heteroatoms. The summed E-state index contributed by atoms with van der Waals surface area (Å²) >= 11 is 3.45. The lowest BCUT2D eigenvalue weighted by atomic mass is 10.1. The average Bonchev–Trinajstić information content (AvgIpc) is 3.11. The average molecular weight is 508 g/mol. The molecule has 1 saturated heterocycles. The van der Waals surface area contributed by atoms with Crippen molar-refractivity contribution in [1.29, 1.82) is 0 Å². The first kappa shape index (κ1) is 23.9. The monoisotopic (exact) mass is 507 g/mol. The Balaban J connectivity index is 1.76. The minimum Gasteiger partial charge on any atom is -0.460 e. The van der Waals surface area contributed by atoms with E-state index in [-0.39, 0.29) is 25.3 Å². The Hall–Kier alpha value is -2.72. The van der Waals surface area contributed by atoms with Gasteiger partial charge in [-0.1, -0.05) is 41.1 Å². The van der Waals surface area contributed by atoms with Crippen molar-refractivity contribution >= 4 is 27.8 Å². The number of amides is 1. The fourth-order valence-electron chi connectivity index (χ4n) is 3.68. The van der Waals surface area contributed by atoms with E-state index in [0.29, 0.717) is 12.0 Å². The molecule has 0 spiro atoms. The van der Waals surface area contributed by atoms with E-state index in [2.05, 4.69) is 20.9 Å². The number of carbonyl (C=O) groups excluding carboxylic acids is 2. The summed E-state index contributed by atoms with van der Waals surface area (Å²) in [6, 6.07) is 7.48. The van der Waals surface area contributed by atoms with Gasteiger partial charge in [0.2, 0.25) is 5.91 Å². The van der Waals surface area contributed by atoms with E-state index in [1.165, 1.54) is 22.6 Å². The van der Waals surface area contributed by atoms with Gasteiger partial charge in [-0.3, -0.25) is 23.9 Å². The molecule has 172 valence electrons. The Bertz CT molecular complexity index is 1110. The van der Waals surface area contributed by atoms with Crippen molar-refractivity contribution in [1.82, 2.24) is 14.5 Å². The molecule has 1 aromatic heterocycles. The largest absolute Gasteiger partial charge is 0.460 e. The van der Waals surface area contributed by atoms with Gasteiger partial charge < -0.3 is 14.4 Å². The molecule has 2 aromatic rings. The Kier molecular flexibility index (Phi) is 7.68. The molecule has 0 bridgehead atoms. The molecular weight excluding hydrogens is 482 g/mol. The maximum Gasteiger partial charge on any atom is 0.330 e. The van der Waals surface area contributed by atoms with Gasteiger partial charge in [0.15, 0.2) is 0 Å². The van der Waals surface area contributed by atoms with E-state index in [9.17, 15) is 19.2 Å². The van der Waals surface area contributed by atoms with Crippen LogP contribution >= 0.6 is 15.9 Å². The van der Waals surface area contributed by atoms with Gasteiger partial charge in [-0.05, 0) is 18.1 Å². The SMILES string of the molecule is CCc1cn([C@@H]2CC(OC(C)=O)[C@H](CN(C)C(=O)Cc3ccccc3Br)O2)c(=O)[nH]c1=O. The van der Waals surface area contributed by atoms with Gasteiger partial charge in [-0.25, -0.2) is 4.79 Å². The van der Waals surface area contributed by atoms with Crippen LogP contribution in [0, 0.1) is 0 Å². The number of aromatic amines is 1. The summed E-state index contributed by atoms with van der Waals surface area (Å²) < 4.78 is 13.6. The van der Waals surface area contributed by atoms with Crippen LogP contribution in [0.15, 0.2) is 44.5 Å². The van der Waals surface area contributed by atoms with Gasteiger partial charge in [0.05, 0.1) is 13.0 Å². The van der Waals surface area contributed by atoms with E-state index in [1.807, 2.05) is 31.2 Å². The topological polar surface area (TPSA) is 111 Å². The molecular formula is C22H26BrN3O6. The Labute approximate surface area is 193 Å². The van der Waals surface area contributed by atoms with Crippen LogP contribution in [-0.4, -0.2) is 52.1 Å². The number of nitrogens with one attached hydrogen (secondary N) is 1. The van der Waals surface area contributed by atoms with Crippen LogP contribution in [0.3, 0.4) is 0 Å². The third-order valence-electron chi connectivity index (χ3n) is 5.41. The number of ether oxygens (including phenoxy) is 2. The summed E-state index contributed by atoms with van der Waals surface area (Å²) in [6.07, 6.45) is 0.357. The molecule has 1 fully saturated rings. The number of rotatable bonds is 7. The first-order valence-electron chi connectivity index (χ1n) is 10.3. The highest BCUT2D eigenvalue weighted by Gasteiger charge is 2.40. The zero-order valence-corrected chi connectivity index (χ0v) is 19.8. The van der Waals surface area contributed by atoms with Gasteiger partial charge >= 0.3 is 11.7 Å². The number of halogens is 1. The van der Waals surface area contributed by atoms with Crippen LogP contribution < -0.4 is 11.2 Å². The summed E-state index contributed by atoms with van der Waals surface area (Å²) in [5, 5.41) is 0. The molecule has 32 heavy (non-hydrogen) atoms. The van der Waals surface area contributed by atoms with Crippen LogP contribution in [0.25, 0.3) is 0 Å². The molecule has 0 aliphatic carbocycles. The number of nitrogens with zero attached hydrogens (tertiary/aromatic N) is 2. The molecule has 1 aromatic carbocycles. The zero-order valence-electron chi connectivity index (χ0n) is 18.2. The molecule has 0 radical (unpaired) electrons. The van der Waals surface area contributed by atoms with Crippen molar-refractivity contribution in [2.75, 3.05) is 13.6 Å². The second-order valence-corrected chi connectivity index (χ2v) is 8.58. The third kappa shape index (κ3) is 5.55. The Morgan fingerprint density at radius 3 is 2.66 bits per heavy atom. The number of hydrogen-bond acceptors (Lipinski definition) is 6. The minimum atomic E-state index is -0.731. The van der Waals surface area contributed by atoms with Crippen LogP contribution in [-0.2, 0) is 31.9 Å². The van der Waals surface area contributed by atoms with Gasteiger partial charge in [-0.2, -0.15) is 0 Å². The molecule has 2 heterocycles. The number of likely N-dealkylation sites (N-methyl/N-ethyl adjacent to an activating group) is 1. The van der Waals surface area contributed by atoms with Crippen LogP contribution in [0.5, 0.6) is 0 Å². The number of hydrogen-bond donors (Lipinski definition) is 1. The van der Waals surface area contributed by atoms with Gasteiger partial charge in [0.1, 0.15) is 18.4 Å². The highest BCUT2D eigenvalue weighted by molar-refractivity contribution is 9.10. The fourth-order valence-corrected chi connectivity index (χ4v) is 4.10. The summed E-state index contributed by atoms with van der Waals surface area (Å²) in [5.41, 5.74) is 0.273. The van der Waals surface area contributed by atoms with Crippen molar-refractivity contribution in [3.63, 3.8) is 0 Å².